The summed E-state index contributed by atoms with van der Waals surface area (Å²) in [5, 5.41) is 3.39. The molecule has 0 unspecified atom stereocenters. The Morgan fingerprint density at radius 2 is 1.87 bits per heavy atom. The summed E-state index contributed by atoms with van der Waals surface area (Å²) in [4.78, 5) is 28.1. The number of pyridine rings is 1. The molecule has 2 heterocycles. The molecule has 1 aliphatic rings. The number of para-hydroxylation sites is 1. The number of hydrogen-bond donors (Lipinski definition) is 1. The first-order chi connectivity index (χ1) is 14.4. The van der Waals surface area contributed by atoms with E-state index in [1.54, 1.807) is 6.07 Å². The summed E-state index contributed by atoms with van der Waals surface area (Å²) >= 11 is 0. The smallest absolute Gasteiger partial charge is 0.452 e. The van der Waals surface area contributed by atoms with Crippen LogP contribution in [0.2, 0.25) is 0 Å². The van der Waals surface area contributed by atoms with E-state index < -0.39 is 24.8 Å². The number of fused-ring (bicyclic) bond motifs is 2. The summed E-state index contributed by atoms with van der Waals surface area (Å²) in [7, 11) is 0. The zero-order valence-corrected chi connectivity index (χ0v) is 15.3. The Morgan fingerprint density at radius 1 is 1.07 bits per heavy atom. The zero-order valence-electron chi connectivity index (χ0n) is 15.3. The van der Waals surface area contributed by atoms with Gasteiger partial charge in [0.2, 0.25) is 0 Å². The summed E-state index contributed by atoms with van der Waals surface area (Å²) in [5.41, 5.74) is 1.54. The first kappa shape index (κ1) is 19.3. The van der Waals surface area contributed by atoms with Crippen molar-refractivity contribution in [2.75, 3.05) is 11.9 Å². The van der Waals surface area contributed by atoms with Crippen molar-refractivity contribution in [2.45, 2.75) is 6.29 Å². The van der Waals surface area contributed by atoms with Gasteiger partial charge in [-0.25, -0.2) is 9.78 Å². The van der Waals surface area contributed by atoms with Crippen molar-refractivity contribution in [3.63, 3.8) is 0 Å². The Balaban J connectivity index is 1.29. The third-order valence-corrected chi connectivity index (χ3v) is 4.04. The highest BCUT2D eigenvalue weighted by atomic mass is 19.3. The van der Waals surface area contributed by atoms with Gasteiger partial charge >= 0.3 is 12.3 Å². The molecule has 0 radical (unpaired) electrons. The van der Waals surface area contributed by atoms with Crippen LogP contribution in [0.25, 0.3) is 17.0 Å². The van der Waals surface area contributed by atoms with Crippen LogP contribution in [-0.4, -0.2) is 29.8 Å². The van der Waals surface area contributed by atoms with Crippen molar-refractivity contribution in [1.82, 2.24) is 4.98 Å². The second kappa shape index (κ2) is 7.78. The van der Waals surface area contributed by atoms with Crippen LogP contribution in [-0.2, 0) is 14.3 Å². The number of rotatable bonds is 5. The molecule has 0 saturated heterocycles. The number of nitrogens with one attached hydrogen (secondary N) is 1. The fourth-order valence-corrected chi connectivity index (χ4v) is 2.74. The topological polar surface area (TPSA) is 86.8 Å². The maximum absolute atomic E-state index is 13.0. The number of ether oxygens (including phenoxy) is 3. The van der Waals surface area contributed by atoms with Crippen molar-refractivity contribution in [1.29, 1.82) is 0 Å². The molecule has 7 nitrogen and oxygen atoms in total. The molecule has 1 amide bonds. The van der Waals surface area contributed by atoms with Gasteiger partial charge in [-0.3, -0.25) is 4.79 Å². The number of carbonyl (C=O) groups is 2. The molecule has 1 aromatic heterocycles. The van der Waals surface area contributed by atoms with E-state index in [2.05, 4.69) is 19.8 Å². The number of carbonyl (C=O) groups excluding carboxylic acids is 2. The van der Waals surface area contributed by atoms with E-state index in [1.165, 1.54) is 24.3 Å². The largest absolute Gasteiger partial charge is 0.586 e. The van der Waals surface area contributed by atoms with Gasteiger partial charge in [-0.2, -0.15) is 0 Å². The molecule has 3 aromatic rings. The second-order valence-electron chi connectivity index (χ2n) is 6.25. The Morgan fingerprint density at radius 3 is 2.73 bits per heavy atom. The van der Waals surface area contributed by atoms with E-state index >= 15 is 0 Å². The summed E-state index contributed by atoms with van der Waals surface area (Å²) in [6, 6.07) is 14.9. The number of halogens is 2. The van der Waals surface area contributed by atoms with Crippen LogP contribution >= 0.6 is 0 Å². The van der Waals surface area contributed by atoms with E-state index in [1.807, 2.05) is 30.3 Å². The predicted molar refractivity (Wildman–Crippen MR) is 103 cm³/mol. The number of esters is 1. The third-order valence-electron chi connectivity index (χ3n) is 4.04. The molecule has 4 rings (SSSR count). The first-order valence-corrected chi connectivity index (χ1v) is 8.78. The Kier molecular flexibility index (Phi) is 5.01. The van der Waals surface area contributed by atoms with Gasteiger partial charge in [0.1, 0.15) is 0 Å². The molecule has 0 fully saturated rings. The summed E-state index contributed by atoms with van der Waals surface area (Å²) in [6.07, 6.45) is -1.11. The highest BCUT2D eigenvalue weighted by Gasteiger charge is 2.43. The SMILES string of the molecule is O=C(COC(=O)C=Cc1ccc2ccccc2n1)Nc1ccc2c(c1)OC(F)(F)O2. The molecule has 0 bridgehead atoms. The van der Waals surface area contributed by atoms with Crippen LogP contribution in [0.3, 0.4) is 0 Å². The average molecular weight is 412 g/mol. The van der Waals surface area contributed by atoms with E-state index in [9.17, 15) is 18.4 Å². The number of anilines is 1. The third kappa shape index (κ3) is 4.52. The van der Waals surface area contributed by atoms with Gasteiger partial charge in [0.05, 0.1) is 11.2 Å². The fraction of sp³-hybridized carbons (Fsp3) is 0.0952. The zero-order chi connectivity index (χ0) is 21.1. The standard InChI is InChI=1S/C21H14F2N2O5/c22-21(23)29-17-9-7-15(11-18(17)30-21)25-19(26)12-28-20(27)10-8-14-6-5-13-3-1-2-4-16(13)24-14/h1-11H,12H2,(H,25,26). The van der Waals surface area contributed by atoms with Crippen molar-refractivity contribution in [3.05, 3.63) is 66.4 Å². The maximum atomic E-state index is 13.0. The Bertz CT molecular complexity index is 1160. The second-order valence-corrected chi connectivity index (χ2v) is 6.25. The fourth-order valence-electron chi connectivity index (χ4n) is 2.74. The molecular formula is C21H14F2N2O5. The van der Waals surface area contributed by atoms with Crippen LogP contribution in [0.15, 0.2) is 60.7 Å². The molecule has 152 valence electrons. The minimum absolute atomic E-state index is 0.142. The monoisotopic (exact) mass is 412 g/mol. The van der Waals surface area contributed by atoms with E-state index in [-0.39, 0.29) is 17.2 Å². The van der Waals surface area contributed by atoms with Gasteiger partial charge in [-0.15, -0.1) is 8.78 Å². The van der Waals surface area contributed by atoms with Crippen molar-refractivity contribution in [2.24, 2.45) is 0 Å². The lowest BCUT2D eigenvalue weighted by Gasteiger charge is -2.06. The van der Waals surface area contributed by atoms with Crippen LogP contribution in [0, 0.1) is 0 Å². The summed E-state index contributed by atoms with van der Waals surface area (Å²) in [5.74, 6) is -1.73. The normalized spacial score (nSPS) is 14.1. The molecule has 0 aliphatic carbocycles. The number of alkyl halides is 2. The summed E-state index contributed by atoms with van der Waals surface area (Å²) in [6.45, 7) is -0.557. The lowest BCUT2D eigenvalue weighted by atomic mass is 10.2. The van der Waals surface area contributed by atoms with E-state index in [4.69, 9.17) is 4.74 Å². The van der Waals surface area contributed by atoms with Crippen molar-refractivity contribution in [3.8, 4) is 11.5 Å². The van der Waals surface area contributed by atoms with E-state index in [0.29, 0.717) is 5.69 Å². The van der Waals surface area contributed by atoms with Crippen molar-refractivity contribution >= 4 is 34.5 Å². The highest BCUT2D eigenvalue weighted by molar-refractivity contribution is 5.95. The first-order valence-electron chi connectivity index (χ1n) is 8.78. The highest BCUT2D eigenvalue weighted by Crippen LogP contribution is 2.42. The number of benzene rings is 2. The predicted octanol–water partition coefficient (Wildman–Crippen LogP) is 3.75. The number of aromatic nitrogens is 1. The lowest BCUT2D eigenvalue weighted by Crippen LogP contribution is -2.25. The van der Waals surface area contributed by atoms with Gasteiger partial charge < -0.3 is 19.5 Å². The molecule has 2 aromatic carbocycles. The molecule has 30 heavy (non-hydrogen) atoms. The van der Waals surface area contributed by atoms with Crippen LogP contribution < -0.4 is 14.8 Å². The number of amides is 1. The van der Waals surface area contributed by atoms with Crippen LogP contribution in [0.5, 0.6) is 11.5 Å². The van der Waals surface area contributed by atoms with Gasteiger partial charge in [0.25, 0.3) is 5.91 Å². The van der Waals surface area contributed by atoms with Gasteiger partial charge in [0, 0.05) is 23.2 Å². The molecule has 0 spiro atoms. The van der Waals surface area contributed by atoms with Gasteiger partial charge in [0.15, 0.2) is 18.1 Å². The minimum Gasteiger partial charge on any atom is -0.452 e. The number of hydrogen-bond acceptors (Lipinski definition) is 6. The summed E-state index contributed by atoms with van der Waals surface area (Å²) < 4.78 is 39.5. The molecule has 1 N–H and O–H groups in total. The molecular weight excluding hydrogens is 398 g/mol. The molecule has 1 aliphatic heterocycles. The van der Waals surface area contributed by atoms with Gasteiger partial charge in [-0.05, 0) is 30.3 Å². The molecule has 9 heteroatoms. The van der Waals surface area contributed by atoms with Crippen molar-refractivity contribution < 1.29 is 32.6 Å². The minimum atomic E-state index is -3.74. The Labute approximate surface area is 168 Å². The maximum Gasteiger partial charge on any atom is 0.586 e. The lowest BCUT2D eigenvalue weighted by molar-refractivity contribution is -0.286. The molecule has 0 atom stereocenters. The number of nitrogens with zero attached hydrogens (tertiary/aromatic N) is 1. The average Bonchev–Trinajstić information content (AvgIpc) is 3.03. The van der Waals surface area contributed by atoms with E-state index in [0.717, 1.165) is 17.0 Å². The molecule has 0 saturated carbocycles. The van der Waals surface area contributed by atoms with Crippen LogP contribution in [0.4, 0.5) is 14.5 Å². The van der Waals surface area contributed by atoms with Gasteiger partial charge in [-0.1, -0.05) is 24.3 Å². The van der Waals surface area contributed by atoms with Crippen LogP contribution in [0.1, 0.15) is 5.69 Å². The quantitative estimate of drug-likeness (QED) is 0.507. The Hall–Kier alpha value is -4.01.